The van der Waals surface area contributed by atoms with Crippen molar-refractivity contribution in [3.63, 3.8) is 0 Å². The highest BCUT2D eigenvalue weighted by Crippen LogP contribution is 2.27. The molecule has 120 valence electrons. The van der Waals surface area contributed by atoms with Gasteiger partial charge in [-0.25, -0.2) is 15.0 Å². The van der Waals surface area contributed by atoms with Gasteiger partial charge in [0.15, 0.2) is 0 Å². The zero-order valence-electron chi connectivity index (χ0n) is 12.7. The van der Waals surface area contributed by atoms with Gasteiger partial charge in [0.25, 0.3) is 0 Å². The summed E-state index contributed by atoms with van der Waals surface area (Å²) in [6.45, 7) is 1.84. The van der Waals surface area contributed by atoms with Gasteiger partial charge in [-0.3, -0.25) is 4.40 Å². The van der Waals surface area contributed by atoms with Crippen LogP contribution in [0.2, 0.25) is 5.02 Å². The number of anilines is 2. The molecule has 24 heavy (non-hydrogen) atoms. The Morgan fingerprint density at radius 2 is 2.08 bits per heavy atom. The van der Waals surface area contributed by atoms with Gasteiger partial charge in [0.05, 0.1) is 40.7 Å². The first-order chi connectivity index (χ1) is 11.6. The second-order valence-corrected chi connectivity index (χ2v) is 5.60. The highest BCUT2D eigenvalue weighted by atomic mass is 35.5. The van der Waals surface area contributed by atoms with Gasteiger partial charge in [0.1, 0.15) is 11.3 Å². The lowest BCUT2D eigenvalue weighted by Gasteiger charge is -2.07. The average Bonchev–Trinajstić information content (AvgIpc) is 3.12. The third-order valence-electron chi connectivity index (χ3n) is 3.57. The fourth-order valence-electron chi connectivity index (χ4n) is 2.44. The van der Waals surface area contributed by atoms with E-state index in [1.165, 1.54) is 4.79 Å². The molecule has 0 aliphatic rings. The second-order valence-electron chi connectivity index (χ2n) is 5.20. The number of pyridine rings is 1. The molecule has 0 saturated heterocycles. The molecule has 0 aliphatic heterocycles. The smallest absolute Gasteiger partial charge is 0.227 e. The Balaban J connectivity index is 1.78. The minimum absolute atomic E-state index is 0.399. The predicted octanol–water partition coefficient (Wildman–Crippen LogP) is 2.41. The predicted molar refractivity (Wildman–Crippen MR) is 91.6 cm³/mol. The molecule has 8 nitrogen and oxygen atoms in total. The van der Waals surface area contributed by atoms with E-state index in [1.54, 1.807) is 18.6 Å². The SMILES string of the molecule is Cc1nn(N)cc1Nc1ncc(Cl)c(-c2cnc3ccccn23)n1. The summed E-state index contributed by atoms with van der Waals surface area (Å²) in [5.41, 5.74) is 3.66. The fourth-order valence-corrected chi connectivity index (χ4v) is 2.63. The van der Waals surface area contributed by atoms with Crippen molar-refractivity contribution >= 4 is 28.9 Å². The molecule has 4 heterocycles. The van der Waals surface area contributed by atoms with E-state index in [1.807, 2.05) is 35.7 Å². The molecule has 0 spiro atoms. The maximum Gasteiger partial charge on any atom is 0.227 e. The van der Waals surface area contributed by atoms with Crippen molar-refractivity contribution in [2.45, 2.75) is 6.92 Å². The van der Waals surface area contributed by atoms with Crippen LogP contribution in [0.1, 0.15) is 5.69 Å². The van der Waals surface area contributed by atoms with Gasteiger partial charge in [-0.2, -0.15) is 9.89 Å². The van der Waals surface area contributed by atoms with Gasteiger partial charge in [0, 0.05) is 6.20 Å². The Kier molecular flexibility index (Phi) is 3.31. The summed E-state index contributed by atoms with van der Waals surface area (Å²) >= 11 is 6.30. The van der Waals surface area contributed by atoms with Gasteiger partial charge >= 0.3 is 0 Å². The topological polar surface area (TPSA) is 99.0 Å². The van der Waals surface area contributed by atoms with Gasteiger partial charge in [-0.05, 0) is 19.1 Å². The number of nitrogen functional groups attached to an aromatic ring is 1. The number of nitrogens with zero attached hydrogens (tertiary/aromatic N) is 6. The van der Waals surface area contributed by atoms with E-state index in [2.05, 4.69) is 25.4 Å². The lowest BCUT2D eigenvalue weighted by atomic mass is 10.3. The van der Waals surface area contributed by atoms with E-state index in [0.717, 1.165) is 22.7 Å². The van der Waals surface area contributed by atoms with Crippen LogP contribution < -0.4 is 11.2 Å². The van der Waals surface area contributed by atoms with Crippen molar-refractivity contribution in [2.24, 2.45) is 0 Å². The van der Waals surface area contributed by atoms with Gasteiger partial charge in [0.2, 0.25) is 5.95 Å². The molecule has 0 radical (unpaired) electrons. The third kappa shape index (κ3) is 2.42. The maximum absolute atomic E-state index is 6.30. The van der Waals surface area contributed by atoms with Gasteiger partial charge < -0.3 is 11.2 Å². The first-order valence-corrected chi connectivity index (χ1v) is 7.53. The lowest BCUT2D eigenvalue weighted by molar-refractivity contribution is 0.817. The van der Waals surface area contributed by atoms with Crippen LogP contribution in [0.4, 0.5) is 11.6 Å². The molecule has 4 aromatic heterocycles. The van der Waals surface area contributed by atoms with Gasteiger partial charge in [-0.1, -0.05) is 17.7 Å². The van der Waals surface area contributed by atoms with Crippen LogP contribution >= 0.6 is 11.6 Å². The summed E-state index contributed by atoms with van der Waals surface area (Å²) in [5, 5.41) is 7.61. The zero-order valence-corrected chi connectivity index (χ0v) is 13.4. The van der Waals surface area contributed by atoms with E-state index >= 15 is 0 Å². The van der Waals surface area contributed by atoms with Crippen molar-refractivity contribution in [3.8, 4) is 11.4 Å². The third-order valence-corrected chi connectivity index (χ3v) is 3.84. The number of imidazole rings is 1. The summed E-state index contributed by atoms with van der Waals surface area (Å²) in [5.74, 6) is 6.02. The Labute approximate surface area is 141 Å². The Hall–Kier alpha value is -3.13. The molecular formula is C15H13ClN8. The summed E-state index contributed by atoms with van der Waals surface area (Å²) < 4.78 is 1.92. The molecule has 0 aromatic carbocycles. The van der Waals surface area contributed by atoms with E-state index in [0.29, 0.717) is 16.7 Å². The normalized spacial score (nSPS) is 11.1. The van der Waals surface area contributed by atoms with Crippen LogP contribution in [0.5, 0.6) is 0 Å². The highest BCUT2D eigenvalue weighted by Gasteiger charge is 2.14. The lowest BCUT2D eigenvalue weighted by Crippen LogP contribution is -2.07. The minimum atomic E-state index is 0.399. The number of nitrogens with two attached hydrogens (primary N) is 1. The average molecular weight is 341 g/mol. The maximum atomic E-state index is 6.30. The van der Waals surface area contributed by atoms with E-state index < -0.39 is 0 Å². The number of fused-ring (bicyclic) bond motifs is 1. The van der Waals surface area contributed by atoms with Crippen molar-refractivity contribution in [1.82, 2.24) is 29.2 Å². The molecule has 4 rings (SSSR count). The summed E-state index contributed by atoms with van der Waals surface area (Å²) in [4.78, 5) is 14.3. The van der Waals surface area contributed by atoms with Crippen molar-refractivity contribution in [3.05, 3.63) is 53.7 Å². The van der Waals surface area contributed by atoms with Crippen LogP contribution in [0.15, 0.2) is 43.0 Å². The largest absolute Gasteiger partial charge is 0.323 e. The van der Waals surface area contributed by atoms with E-state index in [9.17, 15) is 0 Å². The monoisotopic (exact) mass is 340 g/mol. The number of hydrogen-bond acceptors (Lipinski definition) is 6. The number of aromatic nitrogens is 6. The molecule has 0 atom stereocenters. The van der Waals surface area contributed by atoms with Crippen LogP contribution in [-0.2, 0) is 0 Å². The summed E-state index contributed by atoms with van der Waals surface area (Å²) in [7, 11) is 0. The molecule has 0 saturated carbocycles. The number of aryl methyl sites for hydroxylation is 1. The molecule has 0 unspecified atom stereocenters. The van der Waals surface area contributed by atoms with Crippen LogP contribution in [-0.4, -0.2) is 29.2 Å². The van der Waals surface area contributed by atoms with Crippen molar-refractivity contribution < 1.29 is 0 Å². The highest BCUT2D eigenvalue weighted by molar-refractivity contribution is 6.32. The molecule has 0 aliphatic carbocycles. The molecule has 0 amide bonds. The number of halogens is 1. The number of nitrogens with one attached hydrogen (secondary N) is 1. The molecule has 3 N–H and O–H groups in total. The molecular weight excluding hydrogens is 328 g/mol. The van der Waals surface area contributed by atoms with Crippen molar-refractivity contribution in [2.75, 3.05) is 11.2 Å². The zero-order chi connectivity index (χ0) is 16.7. The van der Waals surface area contributed by atoms with E-state index in [-0.39, 0.29) is 0 Å². The Morgan fingerprint density at radius 3 is 2.88 bits per heavy atom. The minimum Gasteiger partial charge on any atom is -0.323 e. The molecule has 4 aromatic rings. The van der Waals surface area contributed by atoms with Gasteiger partial charge in [-0.15, -0.1) is 0 Å². The van der Waals surface area contributed by atoms with Crippen molar-refractivity contribution in [1.29, 1.82) is 0 Å². The van der Waals surface area contributed by atoms with Crippen LogP contribution in [0.25, 0.3) is 17.0 Å². The Morgan fingerprint density at radius 1 is 1.21 bits per heavy atom. The Bertz CT molecular complexity index is 1040. The number of hydrogen-bond donors (Lipinski definition) is 2. The second kappa shape index (κ2) is 5.50. The summed E-state index contributed by atoms with van der Waals surface area (Å²) in [6, 6.07) is 5.76. The fraction of sp³-hybridized carbons (Fsp3) is 0.0667. The molecule has 9 heteroatoms. The van der Waals surface area contributed by atoms with Crippen LogP contribution in [0, 0.1) is 6.92 Å². The quantitative estimate of drug-likeness (QED) is 0.556. The first kappa shape index (κ1) is 14.5. The molecule has 0 fully saturated rings. The standard InChI is InChI=1S/C15H13ClN8/c1-9-11(8-24(17)22-9)20-15-19-6-10(16)14(21-15)12-7-18-13-4-2-3-5-23(12)13/h2-8H,17H2,1H3,(H,19,20,21). The first-order valence-electron chi connectivity index (χ1n) is 7.15. The molecule has 0 bridgehead atoms. The van der Waals surface area contributed by atoms with Crippen LogP contribution in [0.3, 0.4) is 0 Å². The van der Waals surface area contributed by atoms with E-state index in [4.69, 9.17) is 17.4 Å². The number of rotatable bonds is 3. The summed E-state index contributed by atoms with van der Waals surface area (Å²) in [6.07, 6.45) is 6.85.